The summed E-state index contributed by atoms with van der Waals surface area (Å²) in [6.45, 7) is 5.52. The van der Waals surface area contributed by atoms with E-state index >= 15 is 0 Å². The van der Waals surface area contributed by atoms with E-state index in [4.69, 9.17) is 0 Å². The highest BCUT2D eigenvalue weighted by Crippen LogP contribution is 2.05. The number of hydrogen-bond donors (Lipinski definition) is 0. The molecule has 0 saturated carbocycles. The topological polar surface area (TPSA) is 3.24 Å². The standard InChI is InChI=1S/C8H16NS/c1-4-8(2)5-6-9(3)7-10/h8H,4-6H2,1-3H3. The van der Waals surface area contributed by atoms with E-state index in [0.29, 0.717) is 0 Å². The Hall–Kier alpha value is -0.110. The molecule has 0 heterocycles. The second-order valence-electron chi connectivity index (χ2n) is 2.81. The van der Waals surface area contributed by atoms with Gasteiger partial charge in [-0.05, 0) is 12.3 Å². The third-order valence-electron chi connectivity index (χ3n) is 1.81. The summed E-state index contributed by atoms with van der Waals surface area (Å²) < 4.78 is 0. The predicted octanol–water partition coefficient (Wildman–Crippen LogP) is 2.19. The lowest BCUT2D eigenvalue weighted by Crippen LogP contribution is -2.17. The summed E-state index contributed by atoms with van der Waals surface area (Å²) in [5.74, 6) is 0.811. The average molecular weight is 158 g/mol. The van der Waals surface area contributed by atoms with Crippen molar-refractivity contribution in [3.63, 3.8) is 0 Å². The molecule has 2 heteroatoms. The van der Waals surface area contributed by atoms with Gasteiger partial charge in [0.15, 0.2) is 0 Å². The Kier molecular flexibility index (Phi) is 5.60. The Bertz CT molecular complexity index is 93.3. The summed E-state index contributed by atoms with van der Waals surface area (Å²) in [5.41, 5.74) is 2.66. The summed E-state index contributed by atoms with van der Waals surface area (Å²) >= 11 is 4.64. The fourth-order valence-electron chi connectivity index (χ4n) is 0.664. The smallest absolute Gasteiger partial charge is 0.136 e. The minimum Gasteiger partial charge on any atom is -0.363 e. The maximum Gasteiger partial charge on any atom is 0.136 e. The van der Waals surface area contributed by atoms with Crippen molar-refractivity contribution in [2.45, 2.75) is 26.7 Å². The van der Waals surface area contributed by atoms with Crippen molar-refractivity contribution < 1.29 is 0 Å². The fraction of sp³-hybridized carbons (Fsp3) is 0.875. The zero-order valence-corrected chi connectivity index (χ0v) is 7.87. The van der Waals surface area contributed by atoms with Crippen LogP contribution in [0.5, 0.6) is 0 Å². The highest BCUT2D eigenvalue weighted by atomic mass is 32.1. The van der Waals surface area contributed by atoms with Crippen molar-refractivity contribution in [1.29, 1.82) is 0 Å². The van der Waals surface area contributed by atoms with E-state index in [2.05, 4.69) is 31.6 Å². The molecule has 0 aromatic rings. The van der Waals surface area contributed by atoms with Gasteiger partial charge in [0.25, 0.3) is 0 Å². The van der Waals surface area contributed by atoms with Crippen LogP contribution in [0.4, 0.5) is 0 Å². The first-order valence-electron chi connectivity index (χ1n) is 3.79. The number of rotatable bonds is 5. The van der Waals surface area contributed by atoms with E-state index in [1.807, 2.05) is 11.9 Å². The van der Waals surface area contributed by atoms with Gasteiger partial charge < -0.3 is 4.90 Å². The third kappa shape index (κ3) is 4.74. The van der Waals surface area contributed by atoms with E-state index in [-0.39, 0.29) is 0 Å². The molecule has 0 N–H and O–H groups in total. The average Bonchev–Trinajstić information content (AvgIpc) is 1.99. The van der Waals surface area contributed by atoms with Gasteiger partial charge in [0, 0.05) is 13.6 Å². The Balaban J connectivity index is 3.25. The maximum absolute atomic E-state index is 4.64. The molecule has 0 aromatic carbocycles. The molecular weight excluding hydrogens is 142 g/mol. The van der Waals surface area contributed by atoms with E-state index in [1.54, 1.807) is 0 Å². The van der Waals surface area contributed by atoms with E-state index < -0.39 is 0 Å². The highest BCUT2D eigenvalue weighted by molar-refractivity contribution is 7.78. The lowest BCUT2D eigenvalue weighted by molar-refractivity contribution is 0.423. The minimum absolute atomic E-state index is 0.811. The van der Waals surface area contributed by atoms with Crippen molar-refractivity contribution in [1.82, 2.24) is 4.90 Å². The molecular formula is C8H16NS. The molecule has 1 atom stereocenters. The van der Waals surface area contributed by atoms with Crippen LogP contribution in [0.15, 0.2) is 0 Å². The number of nitrogens with zero attached hydrogens (tertiary/aromatic N) is 1. The van der Waals surface area contributed by atoms with Gasteiger partial charge in [-0.3, -0.25) is 0 Å². The molecule has 1 nitrogen and oxygen atoms in total. The van der Waals surface area contributed by atoms with E-state index in [0.717, 1.165) is 12.5 Å². The molecule has 0 aromatic heterocycles. The van der Waals surface area contributed by atoms with Crippen molar-refractivity contribution >= 4 is 17.7 Å². The predicted molar refractivity (Wildman–Crippen MR) is 49.3 cm³/mol. The van der Waals surface area contributed by atoms with Crippen molar-refractivity contribution in [3.8, 4) is 0 Å². The monoisotopic (exact) mass is 158 g/mol. The van der Waals surface area contributed by atoms with Crippen molar-refractivity contribution in [2.75, 3.05) is 13.6 Å². The molecule has 0 aliphatic rings. The van der Waals surface area contributed by atoms with Gasteiger partial charge in [-0.25, -0.2) is 0 Å². The summed E-state index contributed by atoms with van der Waals surface area (Å²) in [6, 6.07) is 0. The first-order chi connectivity index (χ1) is 4.70. The normalized spacial score (nSPS) is 12.7. The summed E-state index contributed by atoms with van der Waals surface area (Å²) in [6.07, 6.45) is 2.47. The summed E-state index contributed by atoms with van der Waals surface area (Å²) in [4.78, 5) is 1.93. The SMILES string of the molecule is CCC(C)CCN(C)[C]=S. The molecule has 0 amide bonds. The lowest BCUT2D eigenvalue weighted by Gasteiger charge is -2.13. The maximum atomic E-state index is 4.64. The van der Waals surface area contributed by atoms with Crippen LogP contribution >= 0.6 is 12.2 Å². The number of thiocarbonyl (C=S) groups is 1. The second kappa shape index (κ2) is 5.66. The molecule has 59 valence electrons. The first-order valence-corrected chi connectivity index (χ1v) is 4.20. The summed E-state index contributed by atoms with van der Waals surface area (Å²) in [7, 11) is 1.97. The third-order valence-corrected chi connectivity index (χ3v) is 2.12. The molecule has 10 heavy (non-hydrogen) atoms. The van der Waals surface area contributed by atoms with Crippen LogP contribution < -0.4 is 0 Å². The highest BCUT2D eigenvalue weighted by Gasteiger charge is 1.98. The lowest BCUT2D eigenvalue weighted by atomic mass is 10.1. The molecule has 0 aliphatic heterocycles. The number of hydrogen-bond acceptors (Lipinski definition) is 1. The molecule has 0 fully saturated rings. The molecule has 0 bridgehead atoms. The second-order valence-corrected chi connectivity index (χ2v) is 3.00. The molecule has 1 radical (unpaired) electrons. The van der Waals surface area contributed by atoms with Crippen LogP contribution in [0.25, 0.3) is 0 Å². The first kappa shape index (κ1) is 9.89. The Morgan fingerprint density at radius 3 is 2.60 bits per heavy atom. The van der Waals surface area contributed by atoms with Crippen LogP contribution in [0, 0.1) is 5.92 Å². The van der Waals surface area contributed by atoms with E-state index in [9.17, 15) is 0 Å². The van der Waals surface area contributed by atoms with Gasteiger partial charge >= 0.3 is 0 Å². The molecule has 0 rings (SSSR count). The summed E-state index contributed by atoms with van der Waals surface area (Å²) in [5, 5.41) is 0. The zero-order valence-electron chi connectivity index (χ0n) is 7.05. The fourth-order valence-corrected chi connectivity index (χ4v) is 0.755. The molecule has 0 saturated heterocycles. The van der Waals surface area contributed by atoms with Crippen LogP contribution in [0.2, 0.25) is 0 Å². The largest absolute Gasteiger partial charge is 0.363 e. The van der Waals surface area contributed by atoms with Crippen LogP contribution in [0.3, 0.4) is 0 Å². The van der Waals surface area contributed by atoms with Gasteiger partial charge in [0.2, 0.25) is 0 Å². The van der Waals surface area contributed by atoms with Gasteiger partial charge in [-0.1, -0.05) is 32.5 Å². The van der Waals surface area contributed by atoms with Crippen LogP contribution in [-0.4, -0.2) is 24.0 Å². The van der Waals surface area contributed by atoms with Crippen molar-refractivity contribution in [2.24, 2.45) is 5.92 Å². The molecule has 0 spiro atoms. The van der Waals surface area contributed by atoms with Gasteiger partial charge in [0.1, 0.15) is 5.49 Å². The molecule has 0 aliphatic carbocycles. The van der Waals surface area contributed by atoms with Gasteiger partial charge in [-0.2, -0.15) is 0 Å². The Morgan fingerprint density at radius 2 is 2.20 bits per heavy atom. The van der Waals surface area contributed by atoms with Crippen LogP contribution in [0.1, 0.15) is 26.7 Å². The minimum atomic E-state index is 0.811. The van der Waals surface area contributed by atoms with Crippen molar-refractivity contribution in [3.05, 3.63) is 0 Å². The van der Waals surface area contributed by atoms with Crippen LogP contribution in [-0.2, 0) is 0 Å². The van der Waals surface area contributed by atoms with Gasteiger partial charge in [0.05, 0.1) is 0 Å². The Labute approximate surface area is 69.4 Å². The quantitative estimate of drug-likeness (QED) is 0.446. The van der Waals surface area contributed by atoms with E-state index in [1.165, 1.54) is 12.8 Å². The molecule has 1 unspecified atom stereocenters. The zero-order chi connectivity index (χ0) is 7.98. The van der Waals surface area contributed by atoms with Gasteiger partial charge in [-0.15, -0.1) is 0 Å². The Morgan fingerprint density at radius 1 is 1.60 bits per heavy atom.